The van der Waals surface area contributed by atoms with Gasteiger partial charge in [0.25, 0.3) is 0 Å². The maximum atomic E-state index is 14.2. The predicted octanol–water partition coefficient (Wildman–Crippen LogP) is 3.97. The average Bonchev–Trinajstić information content (AvgIpc) is 2.74. The van der Waals surface area contributed by atoms with E-state index in [1.807, 2.05) is 0 Å². The molecule has 1 heterocycles. The second-order valence-corrected chi connectivity index (χ2v) is 5.38. The molecule has 5 nitrogen and oxygen atoms in total. The lowest BCUT2D eigenvalue weighted by molar-refractivity contribution is 0.529. The van der Waals surface area contributed by atoms with Crippen molar-refractivity contribution in [1.82, 2.24) is 5.01 Å². The van der Waals surface area contributed by atoms with Gasteiger partial charge in [-0.05, 0) is 30.3 Å². The zero-order valence-electron chi connectivity index (χ0n) is 12.2. The highest BCUT2D eigenvalue weighted by atomic mass is 35.5. The zero-order valence-corrected chi connectivity index (χ0v) is 13.0. The van der Waals surface area contributed by atoms with E-state index in [0.29, 0.717) is 33.4 Å². The lowest BCUT2D eigenvalue weighted by Crippen LogP contribution is -2.23. The molecule has 116 valence electrons. The molecule has 1 aliphatic rings. The summed E-state index contributed by atoms with van der Waals surface area (Å²) in [6.45, 7) is 0.109. The highest BCUT2D eigenvalue weighted by Gasteiger charge is 2.20. The number of aliphatic imine (C=N–C) groups is 2. The molecule has 23 heavy (non-hydrogen) atoms. The molecule has 0 atom stereocenters. The fourth-order valence-electron chi connectivity index (χ4n) is 2.31. The molecule has 0 aromatic heterocycles. The Morgan fingerprint density at radius 1 is 1.22 bits per heavy atom. The van der Waals surface area contributed by atoms with Crippen molar-refractivity contribution in [2.24, 2.45) is 15.3 Å². The summed E-state index contributed by atoms with van der Waals surface area (Å²) in [4.78, 5) is 19.6. The zero-order chi connectivity index (χ0) is 16.4. The van der Waals surface area contributed by atoms with Crippen LogP contribution < -0.4 is 0 Å². The van der Waals surface area contributed by atoms with Crippen LogP contribution >= 0.6 is 11.6 Å². The van der Waals surface area contributed by atoms with Gasteiger partial charge in [0.15, 0.2) is 0 Å². The van der Waals surface area contributed by atoms with Crippen LogP contribution in [0.25, 0.3) is 0 Å². The Kier molecular flexibility index (Phi) is 4.16. The number of nitrogens with zero attached hydrogens (tertiary/aromatic N) is 4. The number of amidine groups is 1. The molecular weight excluding hydrogens is 319 g/mol. The highest BCUT2D eigenvalue weighted by Crippen LogP contribution is 2.29. The van der Waals surface area contributed by atoms with Crippen molar-refractivity contribution >= 4 is 28.8 Å². The van der Waals surface area contributed by atoms with Crippen LogP contribution in [0.1, 0.15) is 11.1 Å². The van der Waals surface area contributed by atoms with Crippen molar-refractivity contribution in [1.29, 1.82) is 0 Å². The summed E-state index contributed by atoms with van der Waals surface area (Å²) < 4.78 is 14.2. The normalized spacial score (nSPS) is 13.5. The lowest BCUT2D eigenvalue weighted by Gasteiger charge is -2.09. The lowest BCUT2D eigenvalue weighted by atomic mass is 10.0. The minimum Gasteiger partial charge on any atom is -0.276 e. The predicted molar refractivity (Wildman–Crippen MR) is 89.0 cm³/mol. The standard InChI is InChI=1S/C16H12ClFN4O/c1-22(21-23)15-9-19-16(11-4-2-3-5-13(11)18)12-8-10(17)6-7-14(12)20-15/h2-8H,9H2,1H3. The number of likely N-dealkylation sites (N-methyl/N-ethyl adjacent to an activating group) is 1. The molecule has 0 saturated heterocycles. The molecule has 0 amide bonds. The first-order valence-electron chi connectivity index (χ1n) is 6.84. The van der Waals surface area contributed by atoms with Gasteiger partial charge in [0.1, 0.15) is 11.7 Å². The first-order valence-corrected chi connectivity index (χ1v) is 7.22. The first-order chi connectivity index (χ1) is 11.1. The summed E-state index contributed by atoms with van der Waals surface area (Å²) in [7, 11) is 1.49. The number of hydrogen-bond acceptors (Lipinski definition) is 4. The number of fused-ring (bicyclic) bond motifs is 1. The molecular formula is C16H12ClFN4O. The largest absolute Gasteiger partial charge is 0.276 e. The molecule has 0 saturated carbocycles. The van der Waals surface area contributed by atoms with Crippen molar-refractivity contribution in [2.75, 3.05) is 13.6 Å². The molecule has 0 bridgehead atoms. The van der Waals surface area contributed by atoms with Gasteiger partial charge in [-0.25, -0.2) is 14.4 Å². The van der Waals surface area contributed by atoms with Crippen molar-refractivity contribution in [2.45, 2.75) is 0 Å². The highest BCUT2D eigenvalue weighted by molar-refractivity contribution is 6.31. The summed E-state index contributed by atoms with van der Waals surface area (Å²) in [6, 6.07) is 11.4. The third-order valence-corrected chi connectivity index (χ3v) is 3.70. The van der Waals surface area contributed by atoms with Gasteiger partial charge < -0.3 is 0 Å². The van der Waals surface area contributed by atoms with Gasteiger partial charge >= 0.3 is 0 Å². The van der Waals surface area contributed by atoms with Crippen molar-refractivity contribution < 1.29 is 4.39 Å². The number of rotatable bonds is 2. The van der Waals surface area contributed by atoms with Gasteiger partial charge in [0.2, 0.25) is 0 Å². The second-order valence-electron chi connectivity index (χ2n) is 4.94. The Labute approximate surface area is 137 Å². The Hall–Kier alpha value is -2.60. The molecule has 0 N–H and O–H groups in total. The third-order valence-electron chi connectivity index (χ3n) is 3.47. The van der Waals surface area contributed by atoms with Crippen molar-refractivity contribution in [3.8, 4) is 0 Å². The summed E-state index contributed by atoms with van der Waals surface area (Å²) >= 11 is 6.07. The van der Waals surface area contributed by atoms with Gasteiger partial charge in [-0.1, -0.05) is 23.7 Å². The van der Waals surface area contributed by atoms with Crippen LogP contribution in [0.5, 0.6) is 0 Å². The van der Waals surface area contributed by atoms with Crippen LogP contribution in [0.15, 0.2) is 57.7 Å². The van der Waals surface area contributed by atoms with Gasteiger partial charge in [0.05, 0.1) is 23.2 Å². The van der Waals surface area contributed by atoms with E-state index >= 15 is 0 Å². The van der Waals surface area contributed by atoms with E-state index in [-0.39, 0.29) is 12.4 Å². The molecule has 7 heteroatoms. The summed E-state index contributed by atoms with van der Waals surface area (Å²) in [6.07, 6.45) is 0. The fraction of sp³-hybridized carbons (Fsp3) is 0.125. The van der Waals surface area contributed by atoms with Crippen LogP contribution in [0.3, 0.4) is 0 Å². The second kappa shape index (κ2) is 6.26. The molecule has 1 aliphatic heterocycles. The Morgan fingerprint density at radius 3 is 2.74 bits per heavy atom. The van der Waals surface area contributed by atoms with E-state index in [1.54, 1.807) is 36.4 Å². The van der Waals surface area contributed by atoms with E-state index in [0.717, 1.165) is 5.01 Å². The van der Waals surface area contributed by atoms with Crippen molar-refractivity contribution in [3.63, 3.8) is 0 Å². The van der Waals surface area contributed by atoms with Crippen LogP contribution in [-0.4, -0.2) is 30.1 Å². The van der Waals surface area contributed by atoms with E-state index in [2.05, 4.69) is 15.3 Å². The van der Waals surface area contributed by atoms with Gasteiger partial charge in [-0.3, -0.25) is 4.99 Å². The third kappa shape index (κ3) is 2.98. The van der Waals surface area contributed by atoms with Crippen molar-refractivity contribution in [3.05, 3.63) is 69.3 Å². The molecule has 0 fully saturated rings. The average molecular weight is 331 g/mol. The Morgan fingerprint density at radius 2 is 2.00 bits per heavy atom. The Bertz CT molecular complexity index is 835. The van der Waals surface area contributed by atoms with Gasteiger partial charge in [-0.2, -0.15) is 0 Å². The number of nitroso groups, excluding NO2 is 1. The minimum absolute atomic E-state index is 0.109. The van der Waals surface area contributed by atoms with Crippen LogP contribution in [0, 0.1) is 10.7 Å². The van der Waals surface area contributed by atoms with Crippen LogP contribution in [-0.2, 0) is 0 Å². The van der Waals surface area contributed by atoms with Crippen LogP contribution in [0.2, 0.25) is 5.02 Å². The maximum Gasteiger partial charge on any atom is 0.150 e. The van der Waals surface area contributed by atoms with E-state index < -0.39 is 0 Å². The number of halogens is 2. The van der Waals surface area contributed by atoms with Gasteiger partial charge in [-0.15, -0.1) is 4.91 Å². The Balaban J connectivity index is 2.21. The van der Waals surface area contributed by atoms with E-state index in [4.69, 9.17) is 11.6 Å². The molecule has 0 aliphatic carbocycles. The SMILES string of the molecule is CN(N=O)C1=Nc2ccc(Cl)cc2C(c2ccccc2F)=NC1. The summed E-state index contributed by atoms with van der Waals surface area (Å²) in [5.41, 5.74) is 1.96. The molecule has 3 rings (SSSR count). The topological polar surface area (TPSA) is 57.4 Å². The molecule has 0 unspecified atom stereocenters. The fourth-order valence-corrected chi connectivity index (χ4v) is 2.48. The van der Waals surface area contributed by atoms with E-state index in [1.165, 1.54) is 13.1 Å². The molecule has 0 radical (unpaired) electrons. The molecule has 0 spiro atoms. The summed E-state index contributed by atoms with van der Waals surface area (Å²) in [5, 5.41) is 4.44. The quantitative estimate of drug-likeness (QED) is 0.618. The molecule has 2 aromatic carbocycles. The first kappa shape index (κ1) is 15.3. The monoisotopic (exact) mass is 330 g/mol. The van der Waals surface area contributed by atoms with Crippen LogP contribution in [0.4, 0.5) is 10.1 Å². The number of hydrogen-bond donors (Lipinski definition) is 0. The van der Waals surface area contributed by atoms with E-state index in [9.17, 15) is 9.30 Å². The van der Waals surface area contributed by atoms with Gasteiger partial charge in [0, 0.05) is 23.2 Å². The smallest absolute Gasteiger partial charge is 0.150 e. The summed E-state index contributed by atoms with van der Waals surface area (Å²) in [5.74, 6) is -0.0163. The molecule has 2 aromatic rings. The maximum absolute atomic E-state index is 14.2. The minimum atomic E-state index is -0.387. The number of benzene rings is 2.